The molecule has 16 heavy (non-hydrogen) atoms. The number of methoxy groups -OCH3 is 1. The molecule has 4 nitrogen and oxygen atoms in total. The minimum Gasteiger partial charge on any atom is -0.393 e. The fraction of sp³-hybridized carbons (Fsp3) is 1.00. The second-order valence-electron chi connectivity index (χ2n) is 4.74. The van der Waals surface area contributed by atoms with Crippen molar-refractivity contribution < 1.29 is 19.3 Å². The van der Waals surface area contributed by atoms with Crippen LogP contribution in [0.1, 0.15) is 34.1 Å². The van der Waals surface area contributed by atoms with Crippen molar-refractivity contribution in [3.8, 4) is 0 Å². The van der Waals surface area contributed by atoms with Crippen molar-refractivity contribution in [2.75, 3.05) is 13.7 Å². The quantitative estimate of drug-likeness (QED) is 0.781. The Kier molecular flexibility index (Phi) is 4.73. The van der Waals surface area contributed by atoms with Crippen LogP contribution in [-0.4, -0.2) is 42.9 Å². The Morgan fingerprint density at radius 1 is 1.44 bits per heavy atom. The Hall–Kier alpha value is -0.160. The second-order valence-corrected chi connectivity index (χ2v) is 4.74. The summed E-state index contributed by atoms with van der Waals surface area (Å²) in [6, 6.07) is 0. The topological polar surface area (TPSA) is 47.9 Å². The van der Waals surface area contributed by atoms with Crippen LogP contribution in [0.15, 0.2) is 0 Å². The fourth-order valence-corrected chi connectivity index (χ4v) is 2.33. The zero-order valence-electron chi connectivity index (χ0n) is 10.9. The van der Waals surface area contributed by atoms with Gasteiger partial charge in [-0.15, -0.1) is 0 Å². The van der Waals surface area contributed by atoms with Gasteiger partial charge in [-0.25, -0.2) is 0 Å². The molecule has 1 N–H and O–H groups in total. The highest BCUT2D eigenvalue weighted by Gasteiger charge is 2.52. The van der Waals surface area contributed by atoms with Crippen LogP contribution >= 0.6 is 0 Å². The summed E-state index contributed by atoms with van der Waals surface area (Å²) in [6.07, 6.45) is 0.338. The lowest BCUT2D eigenvalue weighted by molar-refractivity contribution is -0.215. The van der Waals surface area contributed by atoms with Gasteiger partial charge in [-0.3, -0.25) is 0 Å². The molecule has 0 spiro atoms. The summed E-state index contributed by atoms with van der Waals surface area (Å²) in [5, 5.41) is 9.52. The van der Waals surface area contributed by atoms with Crippen LogP contribution in [0.2, 0.25) is 0 Å². The average molecular weight is 232 g/mol. The van der Waals surface area contributed by atoms with Gasteiger partial charge in [-0.05, 0) is 20.3 Å². The van der Waals surface area contributed by atoms with Crippen molar-refractivity contribution in [3.05, 3.63) is 0 Å². The number of rotatable bonds is 5. The first kappa shape index (κ1) is 13.9. The van der Waals surface area contributed by atoms with Crippen LogP contribution in [0, 0.1) is 5.92 Å². The molecule has 0 bridgehead atoms. The average Bonchev–Trinajstić information content (AvgIpc) is 2.50. The predicted octanol–water partition coefficient (Wildman–Crippen LogP) is 1.56. The van der Waals surface area contributed by atoms with Crippen molar-refractivity contribution in [1.29, 1.82) is 0 Å². The number of hydrogen-bond acceptors (Lipinski definition) is 4. The van der Waals surface area contributed by atoms with Crippen molar-refractivity contribution in [3.63, 3.8) is 0 Å². The number of hydrogen-bond donors (Lipinski definition) is 1. The number of aliphatic hydroxyl groups is 1. The van der Waals surface area contributed by atoms with Crippen LogP contribution in [0.3, 0.4) is 0 Å². The molecule has 1 rings (SSSR count). The van der Waals surface area contributed by atoms with E-state index in [9.17, 15) is 5.11 Å². The molecule has 0 radical (unpaired) electrons. The van der Waals surface area contributed by atoms with Crippen molar-refractivity contribution >= 4 is 0 Å². The maximum atomic E-state index is 9.52. The summed E-state index contributed by atoms with van der Waals surface area (Å²) < 4.78 is 17.0. The lowest BCUT2D eigenvalue weighted by Gasteiger charge is -2.29. The zero-order valence-corrected chi connectivity index (χ0v) is 10.9. The zero-order chi connectivity index (χ0) is 12.3. The van der Waals surface area contributed by atoms with E-state index in [0.29, 0.717) is 0 Å². The normalized spacial score (nSPS) is 39.6. The molecule has 4 atom stereocenters. The molecule has 1 heterocycles. The van der Waals surface area contributed by atoms with Gasteiger partial charge in [0.25, 0.3) is 0 Å². The van der Waals surface area contributed by atoms with Gasteiger partial charge in [-0.2, -0.15) is 0 Å². The van der Waals surface area contributed by atoms with Crippen LogP contribution in [0.25, 0.3) is 0 Å². The first-order valence-corrected chi connectivity index (χ1v) is 5.97. The molecule has 0 aromatic rings. The molecule has 0 aliphatic carbocycles. The van der Waals surface area contributed by atoms with E-state index in [-0.39, 0.29) is 31.0 Å². The summed E-state index contributed by atoms with van der Waals surface area (Å²) in [5.41, 5.74) is -0.528. The Labute approximate surface area is 97.9 Å². The third-order valence-electron chi connectivity index (χ3n) is 3.49. The molecule has 1 fully saturated rings. The van der Waals surface area contributed by atoms with Gasteiger partial charge in [0, 0.05) is 13.0 Å². The van der Waals surface area contributed by atoms with Crippen LogP contribution in [-0.2, 0) is 14.2 Å². The molecule has 1 saturated heterocycles. The van der Waals surface area contributed by atoms with Crippen LogP contribution in [0.5, 0.6) is 0 Å². The highest BCUT2D eigenvalue weighted by Crippen LogP contribution is 2.40. The molecule has 0 aromatic carbocycles. The predicted molar refractivity (Wildman–Crippen MR) is 61.2 cm³/mol. The first-order valence-electron chi connectivity index (χ1n) is 5.97. The van der Waals surface area contributed by atoms with Gasteiger partial charge < -0.3 is 19.3 Å². The monoisotopic (exact) mass is 232 g/mol. The summed E-state index contributed by atoms with van der Waals surface area (Å²) in [6.45, 7) is 7.98. The molecule has 4 heteroatoms. The third-order valence-corrected chi connectivity index (χ3v) is 3.49. The fourth-order valence-electron chi connectivity index (χ4n) is 2.33. The van der Waals surface area contributed by atoms with Gasteiger partial charge in [0.15, 0.2) is 6.29 Å². The molecule has 96 valence electrons. The highest BCUT2D eigenvalue weighted by molar-refractivity contribution is 4.97. The molecular weight excluding hydrogens is 208 g/mol. The lowest BCUT2D eigenvalue weighted by Crippen LogP contribution is -2.40. The molecule has 1 aliphatic heterocycles. The molecule has 4 unspecified atom stereocenters. The second kappa shape index (κ2) is 5.45. The van der Waals surface area contributed by atoms with Gasteiger partial charge >= 0.3 is 0 Å². The largest absolute Gasteiger partial charge is 0.393 e. The van der Waals surface area contributed by atoms with E-state index in [2.05, 4.69) is 0 Å². The van der Waals surface area contributed by atoms with E-state index in [1.54, 1.807) is 7.11 Å². The highest BCUT2D eigenvalue weighted by atomic mass is 16.7. The van der Waals surface area contributed by atoms with Gasteiger partial charge in [-0.1, -0.05) is 13.8 Å². The number of aliphatic hydroxyl groups excluding tert-OH is 1. The van der Waals surface area contributed by atoms with E-state index < -0.39 is 5.60 Å². The number of ether oxygens (including phenoxy) is 3. The lowest BCUT2D eigenvalue weighted by atomic mass is 9.85. The van der Waals surface area contributed by atoms with E-state index >= 15 is 0 Å². The standard InChI is InChI=1S/C12H24O4/c1-6-12(7-13)9(4)10(14-5)11(16-12)15-8(2)3/h8-11,13H,6-7H2,1-5H3. The van der Waals surface area contributed by atoms with Crippen molar-refractivity contribution in [2.45, 2.75) is 58.2 Å². The third kappa shape index (κ3) is 2.40. The van der Waals surface area contributed by atoms with Crippen molar-refractivity contribution in [1.82, 2.24) is 0 Å². The first-order chi connectivity index (χ1) is 7.50. The van der Waals surface area contributed by atoms with Gasteiger partial charge in [0.05, 0.1) is 18.3 Å². The minimum atomic E-state index is -0.528. The summed E-state index contributed by atoms with van der Waals surface area (Å²) in [7, 11) is 1.66. The molecule has 1 aliphatic rings. The van der Waals surface area contributed by atoms with Crippen LogP contribution in [0.4, 0.5) is 0 Å². The molecular formula is C12H24O4. The van der Waals surface area contributed by atoms with Gasteiger partial charge in [0.1, 0.15) is 6.10 Å². The molecule has 0 amide bonds. The van der Waals surface area contributed by atoms with E-state index in [1.807, 2.05) is 27.7 Å². The minimum absolute atomic E-state index is 0.00246. The maximum Gasteiger partial charge on any atom is 0.185 e. The Balaban J connectivity index is 2.81. The van der Waals surface area contributed by atoms with E-state index in [4.69, 9.17) is 14.2 Å². The summed E-state index contributed by atoms with van der Waals surface area (Å²) >= 11 is 0. The van der Waals surface area contributed by atoms with E-state index in [1.165, 1.54) is 0 Å². The van der Waals surface area contributed by atoms with E-state index in [0.717, 1.165) is 6.42 Å². The maximum absolute atomic E-state index is 9.52. The SMILES string of the molecule is CCC1(CO)OC(OC(C)C)C(OC)C1C. The van der Waals surface area contributed by atoms with Gasteiger partial charge in [0.2, 0.25) is 0 Å². The van der Waals surface area contributed by atoms with Crippen LogP contribution < -0.4 is 0 Å². The van der Waals surface area contributed by atoms with Crippen molar-refractivity contribution in [2.24, 2.45) is 5.92 Å². The summed E-state index contributed by atoms with van der Waals surface area (Å²) in [5.74, 6) is 0.122. The molecule has 0 aromatic heterocycles. The Morgan fingerprint density at radius 2 is 2.06 bits per heavy atom. The molecule has 0 saturated carbocycles. The Morgan fingerprint density at radius 3 is 2.44 bits per heavy atom. The smallest absolute Gasteiger partial charge is 0.185 e. The Bertz CT molecular complexity index is 213. The summed E-state index contributed by atoms with van der Waals surface area (Å²) in [4.78, 5) is 0.